The SMILES string of the molecule is CC(C)c1cc(C(C)C)c(B2c3ccccc3[Si](C)(C)c3cc(Br)ccc32)c(C(C)C)c1. The van der Waals surface area contributed by atoms with Crippen LogP contribution >= 0.6 is 15.9 Å². The van der Waals surface area contributed by atoms with Crippen molar-refractivity contribution in [3.8, 4) is 0 Å². The zero-order chi connectivity index (χ0) is 23.4. The summed E-state index contributed by atoms with van der Waals surface area (Å²) >= 11 is 3.78. The first-order chi connectivity index (χ1) is 15.0. The first-order valence-corrected chi connectivity index (χ1v) is 15.9. The Labute approximate surface area is 205 Å². The Kier molecular flexibility index (Phi) is 6.37. The average molecular weight is 503 g/mol. The molecule has 32 heavy (non-hydrogen) atoms. The van der Waals surface area contributed by atoms with Crippen LogP contribution in [0.5, 0.6) is 0 Å². The fourth-order valence-electron chi connectivity index (χ4n) is 5.61. The molecule has 1 aliphatic heterocycles. The monoisotopic (exact) mass is 502 g/mol. The molecule has 166 valence electrons. The number of halogens is 1. The lowest BCUT2D eigenvalue weighted by atomic mass is 9.34. The van der Waals surface area contributed by atoms with E-state index in [2.05, 4.69) is 125 Å². The first-order valence-electron chi connectivity index (χ1n) is 12.1. The van der Waals surface area contributed by atoms with E-state index in [0.29, 0.717) is 24.5 Å². The van der Waals surface area contributed by atoms with Gasteiger partial charge in [-0.1, -0.05) is 140 Å². The minimum Gasteiger partial charge on any atom is -0.0689 e. The van der Waals surface area contributed by atoms with Crippen LogP contribution in [0.15, 0.2) is 59.1 Å². The van der Waals surface area contributed by atoms with Crippen LogP contribution in [0.25, 0.3) is 0 Å². The molecule has 0 N–H and O–H groups in total. The predicted molar refractivity (Wildman–Crippen MR) is 151 cm³/mol. The fraction of sp³-hybridized carbons (Fsp3) is 0.379. The first kappa shape index (κ1) is 23.6. The molecule has 1 aliphatic rings. The van der Waals surface area contributed by atoms with E-state index < -0.39 is 8.07 Å². The van der Waals surface area contributed by atoms with Crippen LogP contribution in [0.4, 0.5) is 0 Å². The van der Waals surface area contributed by atoms with Crippen molar-refractivity contribution in [1.82, 2.24) is 0 Å². The summed E-state index contributed by atoms with van der Waals surface area (Å²) in [7, 11) is -1.79. The van der Waals surface area contributed by atoms with Gasteiger partial charge in [0.2, 0.25) is 6.71 Å². The Balaban J connectivity index is 2.13. The van der Waals surface area contributed by atoms with Gasteiger partial charge in [0.1, 0.15) is 8.07 Å². The van der Waals surface area contributed by atoms with E-state index in [1.54, 1.807) is 15.8 Å². The summed E-state index contributed by atoms with van der Waals surface area (Å²) in [5, 5.41) is 3.17. The lowest BCUT2D eigenvalue weighted by molar-refractivity contribution is 0.812. The molecule has 0 atom stereocenters. The molecule has 0 bridgehead atoms. The molecule has 0 fully saturated rings. The molecule has 3 heteroatoms. The number of fused-ring (bicyclic) bond motifs is 2. The van der Waals surface area contributed by atoms with Crippen LogP contribution in [0.1, 0.15) is 76.0 Å². The van der Waals surface area contributed by atoms with Crippen LogP contribution in [-0.4, -0.2) is 14.8 Å². The second-order valence-electron chi connectivity index (χ2n) is 11.0. The third kappa shape index (κ3) is 3.86. The Morgan fingerprint density at radius 2 is 1.25 bits per heavy atom. The van der Waals surface area contributed by atoms with Crippen molar-refractivity contribution in [2.45, 2.75) is 72.4 Å². The minimum atomic E-state index is -1.79. The maximum atomic E-state index is 3.78. The van der Waals surface area contributed by atoms with E-state index in [1.807, 2.05) is 0 Å². The standard InChI is InChI=1S/C29H36BBrSi/c1-18(2)21-15-23(19(3)4)29(24(16-21)20(5)6)30-25-11-9-10-12-27(25)32(7,8)28-17-22(31)13-14-26(28)30/h9-20H,1-8H3. The van der Waals surface area contributed by atoms with Crippen molar-refractivity contribution in [3.63, 3.8) is 0 Å². The van der Waals surface area contributed by atoms with E-state index in [4.69, 9.17) is 0 Å². The van der Waals surface area contributed by atoms with Crippen LogP contribution in [0, 0.1) is 0 Å². The smallest absolute Gasteiger partial charge is 0.0689 e. The Bertz CT molecular complexity index is 1130. The van der Waals surface area contributed by atoms with Gasteiger partial charge in [-0.3, -0.25) is 0 Å². The van der Waals surface area contributed by atoms with Gasteiger partial charge in [0, 0.05) is 4.47 Å². The lowest BCUT2D eigenvalue weighted by Gasteiger charge is -2.39. The van der Waals surface area contributed by atoms with E-state index in [0.717, 1.165) is 0 Å². The second-order valence-corrected chi connectivity index (χ2v) is 16.2. The molecule has 0 radical (unpaired) electrons. The highest BCUT2D eigenvalue weighted by atomic mass is 79.9. The summed E-state index contributed by atoms with van der Waals surface area (Å²) < 4.78 is 1.19. The largest absolute Gasteiger partial charge is 0.241 e. The third-order valence-corrected chi connectivity index (χ3v) is 11.5. The highest BCUT2D eigenvalue weighted by Gasteiger charge is 2.42. The van der Waals surface area contributed by atoms with Gasteiger partial charge >= 0.3 is 0 Å². The number of hydrogen-bond acceptors (Lipinski definition) is 0. The Morgan fingerprint density at radius 3 is 1.81 bits per heavy atom. The molecule has 3 aromatic rings. The highest BCUT2D eigenvalue weighted by molar-refractivity contribution is 9.10. The van der Waals surface area contributed by atoms with Gasteiger partial charge in [0.05, 0.1) is 0 Å². The molecule has 0 unspecified atom stereocenters. The Morgan fingerprint density at radius 1 is 0.688 bits per heavy atom. The van der Waals surface area contributed by atoms with Gasteiger partial charge < -0.3 is 0 Å². The predicted octanol–water partition coefficient (Wildman–Crippen LogP) is 5.47. The van der Waals surface area contributed by atoms with Crippen LogP contribution < -0.4 is 26.8 Å². The van der Waals surface area contributed by atoms with Gasteiger partial charge in [-0.25, -0.2) is 0 Å². The summed E-state index contributed by atoms with van der Waals surface area (Å²) in [5.74, 6) is 1.51. The van der Waals surface area contributed by atoms with Gasteiger partial charge in [0.25, 0.3) is 0 Å². The molecule has 1 heterocycles. The van der Waals surface area contributed by atoms with Crippen LogP contribution in [-0.2, 0) is 0 Å². The fourth-order valence-corrected chi connectivity index (χ4v) is 9.40. The van der Waals surface area contributed by atoms with E-state index in [9.17, 15) is 0 Å². The quantitative estimate of drug-likeness (QED) is 0.415. The topological polar surface area (TPSA) is 0 Å². The van der Waals surface area contributed by atoms with Gasteiger partial charge in [-0.2, -0.15) is 0 Å². The van der Waals surface area contributed by atoms with E-state index in [-0.39, 0.29) is 0 Å². The van der Waals surface area contributed by atoms with Gasteiger partial charge in [0.15, 0.2) is 0 Å². The molecule has 0 aliphatic carbocycles. The average Bonchev–Trinajstić information content (AvgIpc) is 2.74. The van der Waals surface area contributed by atoms with Crippen molar-refractivity contribution >= 4 is 57.5 Å². The molecule has 0 aromatic heterocycles. The highest BCUT2D eigenvalue weighted by Crippen LogP contribution is 2.27. The summed E-state index contributed by atoms with van der Waals surface area (Å²) in [6.07, 6.45) is 0. The molecule has 0 spiro atoms. The summed E-state index contributed by atoms with van der Waals surface area (Å²) in [4.78, 5) is 0. The van der Waals surface area contributed by atoms with Crippen molar-refractivity contribution in [2.24, 2.45) is 0 Å². The molecular weight excluding hydrogens is 467 g/mol. The molecule has 0 nitrogen and oxygen atoms in total. The van der Waals surface area contributed by atoms with Gasteiger partial charge in [-0.05, 0) is 46.6 Å². The summed E-state index contributed by atoms with van der Waals surface area (Å²) in [6, 6.07) is 21.4. The maximum Gasteiger partial charge on any atom is 0.241 e. The number of rotatable bonds is 4. The van der Waals surface area contributed by atoms with Crippen molar-refractivity contribution < 1.29 is 0 Å². The second kappa shape index (κ2) is 8.65. The zero-order valence-electron chi connectivity index (χ0n) is 20.9. The van der Waals surface area contributed by atoms with E-state index in [1.165, 1.54) is 32.1 Å². The molecule has 0 amide bonds. The summed E-state index contributed by atoms with van der Waals surface area (Å²) in [6.45, 7) is 19.4. The van der Waals surface area contributed by atoms with Crippen molar-refractivity contribution in [2.75, 3.05) is 0 Å². The Hall–Kier alpha value is -1.58. The van der Waals surface area contributed by atoms with Crippen LogP contribution in [0.2, 0.25) is 13.1 Å². The summed E-state index contributed by atoms with van der Waals surface area (Å²) in [5.41, 5.74) is 9.12. The zero-order valence-corrected chi connectivity index (χ0v) is 23.5. The van der Waals surface area contributed by atoms with Crippen molar-refractivity contribution in [3.05, 3.63) is 75.8 Å². The van der Waals surface area contributed by atoms with Crippen LogP contribution in [0.3, 0.4) is 0 Å². The molecule has 0 saturated heterocycles. The lowest BCUT2D eigenvalue weighted by Crippen LogP contribution is -2.77. The van der Waals surface area contributed by atoms with Crippen molar-refractivity contribution in [1.29, 1.82) is 0 Å². The third-order valence-electron chi connectivity index (χ3n) is 7.41. The molecular formula is C29H36BBrSi. The molecule has 3 aromatic carbocycles. The molecule has 4 rings (SSSR count). The molecule has 0 saturated carbocycles. The number of hydrogen-bond donors (Lipinski definition) is 0. The minimum absolute atomic E-state index is 0.297. The van der Waals surface area contributed by atoms with E-state index >= 15 is 0 Å². The number of benzene rings is 3. The normalized spacial score (nSPS) is 14.8. The maximum absolute atomic E-state index is 3.78. The van der Waals surface area contributed by atoms with Gasteiger partial charge in [-0.15, -0.1) is 0 Å².